The van der Waals surface area contributed by atoms with Crippen LogP contribution in [0.2, 0.25) is 0 Å². The molecule has 8 heteroatoms. The number of carbonyl (C=O) groups is 2. The lowest BCUT2D eigenvalue weighted by Gasteiger charge is -2.19. The molecule has 2 aromatic rings. The SMILES string of the molecule is COC(=O)NC(C)(C)C#CN1C(=O)C(=Cc2nc[nH]c2C)c2cc(F)ccc21. The van der Waals surface area contributed by atoms with E-state index >= 15 is 0 Å². The number of nitrogens with zero attached hydrogens (tertiary/aromatic N) is 2. The molecule has 2 amide bonds. The van der Waals surface area contributed by atoms with Crippen molar-refractivity contribution in [2.24, 2.45) is 0 Å². The molecule has 0 spiro atoms. The summed E-state index contributed by atoms with van der Waals surface area (Å²) in [6.07, 6.45) is 2.49. The van der Waals surface area contributed by atoms with Crippen LogP contribution in [0.4, 0.5) is 14.9 Å². The van der Waals surface area contributed by atoms with Crippen molar-refractivity contribution in [3.63, 3.8) is 0 Å². The standard InChI is InChI=1S/C20H19FN4O3/c1-12-16(23-11-22-12)10-15-14-9-13(21)5-6-17(14)25(18(15)26)8-7-20(2,3)24-19(27)28-4/h5-6,9-11H,1-4H3,(H,22,23)(H,24,27). The number of hydrogen-bond donors (Lipinski definition) is 2. The highest BCUT2D eigenvalue weighted by atomic mass is 19.1. The number of hydrogen-bond acceptors (Lipinski definition) is 4. The fraction of sp³-hybridized carbons (Fsp3) is 0.250. The minimum Gasteiger partial charge on any atom is -0.453 e. The fourth-order valence-electron chi connectivity index (χ4n) is 2.70. The predicted molar refractivity (Wildman–Crippen MR) is 102 cm³/mol. The molecule has 2 N–H and O–H groups in total. The molecule has 0 fully saturated rings. The molecule has 1 aromatic carbocycles. The largest absolute Gasteiger partial charge is 0.453 e. The summed E-state index contributed by atoms with van der Waals surface area (Å²) < 4.78 is 18.4. The first-order chi connectivity index (χ1) is 13.2. The van der Waals surface area contributed by atoms with Gasteiger partial charge in [0.15, 0.2) is 0 Å². The van der Waals surface area contributed by atoms with Crippen LogP contribution in [0.5, 0.6) is 0 Å². The number of imidazole rings is 1. The Morgan fingerprint density at radius 1 is 1.43 bits per heavy atom. The summed E-state index contributed by atoms with van der Waals surface area (Å²) >= 11 is 0. The summed E-state index contributed by atoms with van der Waals surface area (Å²) in [5.41, 5.74) is 1.61. The van der Waals surface area contributed by atoms with E-state index in [1.165, 1.54) is 36.5 Å². The van der Waals surface area contributed by atoms with E-state index in [2.05, 4.69) is 32.0 Å². The molecule has 2 heterocycles. The molecule has 1 aromatic heterocycles. The second-order valence-electron chi connectivity index (χ2n) is 6.75. The number of methoxy groups -OCH3 is 1. The lowest BCUT2D eigenvalue weighted by molar-refractivity contribution is -0.112. The van der Waals surface area contributed by atoms with E-state index in [4.69, 9.17) is 0 Å². The van der Waals surface area contributed by atoms with Gasteiger partial charge >= 0.3 is 6.09 Å². The number of rotatable bonds is 2. The van der Waals surface area contributed by atoms with Gasteiger partial charge in [-0.3, -0.25) is 4.79 Å². The number of aromatic amines is 1. The highest BCUT2D eigenvalue weighted by Crippen LogP contribution is 2.37. The van der Waals surface area contributed by atoms with Crippen molar-refractivity contribution in [1.29, 1.82) is 0 Å². The van der Waals surface area contributed by atoms with Crippen LogP contribution in [-0.2, 0) is 9.53 Å². The van der Waals surface area contributed by atoms with Gasteiger partial charge in [-0.25, -0.2) is 19.1 Å². The summed E-state index contributed by atoms with van der Waals surface area (Å²) in [5.74, 6) is 1.98. The third-order valence-corrected chi connectivity index (χ3v) is 4.15. The van der Waals surface area contributed by atoms with E-state index in [1.807, 2.05) is 6.92 Å². The molecule has 144 valence electrons. The minimum absolute atomic E-state index is 0.290. The first-order valence-corrected chi connectivity index (χ1v) is 8.47. The normalized spacial score (nSPS) is 14.5. The highest BCUT2D eigenvalue weighted by molar-refractivity contribution is 6.36. The summed E-state index contributed by atoms with van der Waals surface area (Å²) in [6.45, 7) is 5.17. The van der Waals surface area contributed by atoms with Crippen LogP contribution in [-0.4, -0.2) is 34.6 Å². The summed E-state index contributed by atoms with van der Waals surface area (Å²) in [5, 5.41) is 2.57. The molecule has 0 aliphatic carbocycles. The van der Waals surface area contributed by atoms with E-state index in [9.17, 15) is 14.0 Å². The zero-order valence-corrected chi connectivity index (χ0v) is 15.9. The van der Waals surface area contributed by atoms with Crippen molar-refractivity contribution >= 4 is 29.3 Å². The Morgan fingerprint density at radius 3 is 2.82 bits per heavy atom. The summed E-state index contributed by atoms with van der Waals surface area (Å²) in [7, 11) is 1.25. The Morgan fingerprint density at radius 2 is 2.18 bits per heavy atom. The number of nitrogens with one attached hydrogen (secondary N) is 2. The first kappa shape index (κ1) is 19.2. The molecule has 0 bridgehead atoms. The van der Waals surface area contributed by atoms with Crippen molar-refractivity contribution in [1.82, 2.24) is 15.3 Å². The molecule has 1 aliphatic rings. The van der Waals surface area contributed by atoms with E-state index in [1.54, 1.807) is 19.9 Å². The van der Waals surface area contributed by atoms with Gasteiger partial charge in [0.1, 0.15) is 11.4 Å². The maximum atomic E-state index is 13.8. The Labute approximate surface area is 161 Å². The quantitative estimate of drug-likeness (QED) is 0.618. The van der Waals surface area contributed by atoms with Gasteiger partial charge in [-0.05, 0) is 45.0 Å². The van der Waals surface area contributed by atoms with Crippen LogP contribution in [0.25, 0.3) is 11.6 Å². The Hall–Kier alpha value is -3.60. The number of halogens is 1. The maximum Gasteiger partial charge on any atom is 0.408 e. The van der Waals surface area contributed by atoms with Crippen molar-refractivity contribution in [2.45, 2.75) is 26.3 Å². The van der Waals surface area contributed by atoms with E-state index in [-0.39, 0.29) is 5.57 Å². The average molecular weight is 382 g/mol. The molecular formula is C20H19FN4O3. The van der Waals surface area contributed by atoms with Crippen LogP contribution in [0.1, 0.15) is 30.8 Å². The van der Waals surface area contributed by atoms with Gasteiger partial charge in [0.25, 0.3) is 5.91 Å². The maximum absolute atomic E-state index is 13.8. The van der Waals surface area contributed by atoms with Crippen LogP contribution in [0, 0.1) is 24.7 Å². The minimum atomic E-state index is -0.946. The monoisotopic (exact) mass is 382 g/mol. The molecule has 3 rings (SSSR count). The number of amides is 2. The number of fused-ring (bicyclic) bond motifs is 1. The Balaban J connectivity index is 2.03. The molecule has 0 atom stereocenters. The lowest BCUT2D eigenvalue weighted by Crippen LogP contribution is -2.42. The van der Waals surface area contributed by atoms with Gasteiger partial charge in [-0.15, -0.1) is 0 Å². The van der Waals surface area contributed by atoms with Crippen molar-refractivity contribution in [2.75, 3.05) is 12.0 Å². The van der Waals surface area contributed by atoms with Crippen molar-refractivity contribution < 1.29 is 18.7 Å². The third-order valence-electron chi connectivity index (χ3n) is 4.15. The van der Waals surface area contributed by atoms with Crippen molar-refractivity contribution in [3.05, 3.63) is 47.3 Å². The third kappa shape index (κ3) is 3.74. The molecule has 0 saturated heterocycles. The molecular weight excluding hydrogens is 363 g/mol. The van der Waals surface area contributed by atoms with Crippen molar-refractivity contribution in [3.8, 4) is 12.0 Å². The van der Waals surface area contributed by atoms with Gasteiger partial charge in [0.2, 0.25) is 0 Å². The van der Waals surface area contributed by atoms with Gasteiger partial charge < -0.3 is 15.0 Å². The Kier molecular flexibility index (Phi) is 4.92. The molecule has 0 unspecified atom stereocenters. The molecule has 7 nitrogen and oxygen atoms in total. The van der Waals surface area contributed by atoms with Crippen LogP contribution >= 0.6 is 0 Å². The number of aryl methyl sites for hydroxylation is 1. The van der Waals surface area contributed by atoms with Crippen LogP contribution < -0.4 is 10.2 Å². The molecule has 1 aliphatic heterocycles. The zero-order chi connectivity index (χ0) is 20.5. The molecule has 28 heavy (non-hydrogen) atoms. The number of H-pyrrole nitrogens is 1. The van der Waals surface area contributed by atoms with E-state index in [0.29, 0.717) is 16.9 Å². The average Bonchev–Trinajstić information content (AvgIpc) is 3.15. The summed E-state index contributed by atoms with van der Waals surface area (Å²) in [6, 6.07) is 6.83. The smallest absolute Gasteiger partial charge is 0.408 e. The topological polar surface area (TPSA) is 87.3 Å². The van der Waals surface area contributed by atoms with Gasteiger partial charge in [-0.1, -0.05) is 5.92 Å². The highest BCUT2D eigenvalue weighted by Gasteiger charge is 2.33. The fourth-order valence-corrected chi connectivity index (χ4v) is 2.70. The number of aromatic nitrogens is 2. The number of benzene rings is 1. The van der Waals surface area contributed by atoms with E-state index in [0.717, 1.165) is 5.69 Å². The van der Waals surface area contributed by atoms with Gasteiger partial charge in [0.05, 0.1) is 30.4 Å². The van der Waals surface area contributed by atoms with Crippen LogP contribution in [0.15, 0.2) is 24.5 Å². The van der Waals surface area contributed by atoms with E-state index < -0.39 is 23.4 Å². The number of alkyl carbamates (subject to hydrolysis) is 1. The first-order valence-electron chi connectivity index (χ1n) is 8.47. The Bertz CT molecular complexity index is 1040. The van der Waals surface area contributed by atoms with Gasteiger partial charge in [-0.2, -0.15) is 0 Å². The van der Waals surface area contributed by atoms with Gasteiger partial charge in [0, 0.05) is 17.3 Å². The summed E-state index contributed by atoms with van der Waals surface area (Å²) in [4.78, 5) is 32.8. The predicted octanol–water partition coefficient (Wildman–Crippen LogP) is 2.84. The molecule has 0 saturated carbocycles. The zero-order valence-electron chi connectivity index (χ0n) is 15.9. The second-order valence-corrected chi connectivity index (χ2v) is 6.75. The number of carbonyl (C=O) groups excluding carboxylic acids is 2. The molecule has 0 radical (unpaired) electrons. The van der Waals surface area contributed by atoms with Crippen LogP contribution in [0.3, 0.4) is 0 Å². The number of anilines is 1. The lowest BCUT2D eigenvalue weighted by atomic mass is 10.1. The number of ether oxygens (including phenoxy) is 1. The second kappa shape index (κ2) is 7.19.